The molecule has 0 amide bonds. The average molecular weight is 343 g/mol. The standard InChI is InChI=1S/C15H13N5O3S/c1-23-14-8-7-11(9-13(14)20(21)22)10-24-15-16-17-18-19(15)12-5-3-2-4-6-12/h2-9H,10H2,1H3. The number of thioether (sulfide) groups is 1. The van der Waals surface area contributed by atoms with E-state index < -0.39 is 4.92 Å². The number of hydrogen-bond acceptors (Lipinski definition) is 7. The van der Waals surface area contributed by atoms with Crippen LogP contribution in [0.4, 0.5) is 5.69 Å². The Morgan fingerprint density at radius 2 is 2.04 bits per heavy atom. The lowest BCUT2D eigenvalue weighted by molar-refractivity contribution is -0.385. The zero-order chi connectivity index (χ0) is 16.9. The molecule has 0 saturated heterocycles. The van der Waals surface area contributed by atoms with E-state index in [1.54, 1.807) is 16.8 Å². The first-order valence-corrected chi connectivity index (χ1v) is 7.95. The van der Waals surface area contributed by atoms with E-state index in [0.29, 0.717) is 10.9 Å². The predicted octanol–water partition coefficient (Wildman–Crippen LogP) is 2.87. The molecule has 0 radical (unpaired) electrons. The van der Waals surface area contributed by atoms with Crippen molar-refractivity contribution in [2.75, 3.05) is 7.11 Å². The van der Waals surface area contributed by atoms with Crippen LogP contribution in [-0.2, 0) is 5.75 Å². The Labute approximate surface area is 141 Å². The second kappa shape index (κ2) is 7.09. The molecule has 2 aromatic carbocycles. The molecule has 0 aliphatic rings. The summed E-state index contributed by atoms with van der Waals surface area (Å²) in [5.74, 6) is 0.737. The summed E-state index contributed by atoms with van der Waals surface area (Å²) in [6, 6.07) is 14.4. The molecule has 0 saturated carbocycles. The third-order valence-corrected chi connectivity index (χ3v) is 4.24. The molecular formula is C15H13N5O3S. The van der Waals surface area contributed by atoms with E-state index in [1.807, 2.05) is 30.3 Å². The second-order valence-electron chi connectivity index (χ2n) is 4.76. The number of para-hydroxylation sites is 1. The van der Waals surface area contributed by atoms with Crippen molar-refractivity contribution in [3.05, 3.63) is 64.2 Å². The van der Waals surface area contributed by atoms with Gasteiger partial charge in [-0.2, -0.15) is 4.68 Å². The van der Waals surface area contributed by atoms with Crippen LogP contribution in [0.2, 0.25) is 0 Å². The van der Waals surface area contributed by atoms with Crippen molar-refractivity contribution in [2.45, 2.75) is 10.9 Å². The van der Waals surface area contributed by atoms with Crippen LogP contribution in [0.3, 0.4) is 0 Å². The molecule has 1 heterocycles. The molecule has 122 valence electrons. The highest BCUT2D eigenvalue weighted by Gasteiger charge is 2.16. The lowest BCUT2D eigenvalue weighted by atomic mass is 10.2. The summed E-state index contributed by atoms with van der Waals surface area (Å²) in [4.78, 5) is 10.6. The number of tetrazole rings is 1. The fourth-order valence-corrected chi connectivity index (χ4v) is 2.95. The van der Waals surface area contributed by atoms with Crippen LogP contribution in [0, 0.1) is 10.1 Å². The molecule has 0 N–H and O–H groups in total. The van der Waals surface area contributed by atoms with Crippen LogP contribution in [0.15, 0.2) is 53.7 Å². The summed E-state index contributed by atoms with van der Waals surface area (Å²) >= 11 is 1.40. The molecule has 0 spiro atoms. The minimum Gasteiger partial charge on any atom is -0.490 e. The smallest absolute Gasteiger partial charge is 0.311 e. The number of benzene rings is 2. The van der Waals surface area contributed by atoms with Gasteiger partial charge in [0.25, 0.3) is 0 Å². The lowest BCUT2D eigenvalue weighted by Gasteiger charge is -2.06. The summed E-state index contributed by atoms with van der Waals surface area (Å²) < 4.78 is 6.63. The van der Waals surface area contributed by atoms with Gasteiger partial charge in [-0.25, -0.2) is 0 Å². The largest absolute Gasteiger partial charge is 0.490 e. The topological polar surface area (TPSA) is 96.0 Å². The van der Waals surface area contributed by atoms with Crippen LogP contribution < -0.4 is 4.74 Å². The van der Waals surface area contributed by atoms with Crippen LogP contribution >= 0.6 is 11.8 Å². The van der Waals surface area contributed by atoms with Gasteiger partial charge < -0.3 is 4.74 Å². The maximum absolute atomic E-state index is 11.1. The zero-order valence-corrected chi connectivity index (χ0v) is 13.5. The van der Waals surface area contributed by atoms with Crippen LogP contribution in [0.25, 0.3) is 5.69 Å². The Morgan fingerprint density at radius 3 is 2.75 bits per heavy atom. The normalized spacial score (nSPS) is 10.5. The van der Waals surface area contributed by atoms with Crippen molar-refractivity contribution < 1.29 is 9.66 Å². The maximum Gasteiger partial charge on any atom is 0.311 e. The fourth-order valence-electron chi connectivity index (χ4n) is 2.12. The molecule has 24 heavy (non-hydrogen) atoms. The number of nitro benzene ring substituents is 1. The van der Waals surface area contributed by atoms with Gasteiger partial charge in [0.1, 0.15) is 0 Å². The van der Waals surface area contributed by atoms with Gasteiger partial charge in [0.2, 0.25) is 5.16 Å². The Hall–Kier alpha value is -2.94. The third-order valence-electron chi connectivity index (χ3n) is 3.25. The number of nitrogens with zero attached hydrogens (tertiary/aromatic N) is 5. The van der Waals surface area contributed by atoms with Gasteiger partial charge in [0, 0.05) is 11.8 Å². The summed E-state index contributed by atoms with van der Waals surface area (Å²) in [5.41, 5.74) is 1.58. The van der Waals surface area contributed by atoms with E-state index in [2.05, 4.69) is 15.5 Å². The van der Waals surface area contributed by atoms with E-state index in [-0.39, 0.29) is 11.4 Å². The minimum atomic E-state index is -0.457. The molecule has 3 rings (SSSR count). The highest BCUT2D eigenvalue weighted by molar-refractivity contribution is 7.98. The Balaban J connectivity index is 1.79. The van der Waals surface area contributed by atoms with Crippen molar-refractivity contribution in [1.82, 2.24) is 20.2 Å². The Kier molecular flexibility index (Phi) is 4.71. The molecule has 8 nitrogen and oxygen atoms in total. The number of methoxy groups -OCH3 is 1. The van der Waals surface area contributed by atoms with Gasteiger partial charge in [-0.1, -0.05) is 36.0 Å². The molecule has 0 aliphatic heterocycles. The first-order chi connectivity index (χ1) is 11.7. The van der Waals surface area contributed by atoms with Crippen molar-refractivity contribution >= 4 is 17.4 Å². The van der Waals surface area contributed by atoms with E-state index >= 15 is 0 Å². The third kappa shape index (κ3) is 3.35. The van der Waals surface area contributed by atoms with E-state index in [1.165, 1.54) is 24.9 Å². The highest BCUT2D eigenvalue weighted by Crippen LogP contribution is 2.30. The summed E-state index contributed by atoms with van der Waals surface area (Å²) in [5, 5.41) is 23.4. The number of nitro groups is 1. The first-order valence-electron chi connectivity index (χ1n) is 6.97. The lowest BCUT2D eigenvalue weighted by Crippen LogP contribution is -1.99. The SMILES string of the molecule is COc1ccc(CSc2nnnn2-c2ccccc2)cc1[N+](=O)[O-]. The average Bonchev–Trinajstić information content (AvgIpc) is 3.09. The van der Waals surface area contributed by atoms with Gasteiger partial charge in [0.15, 0.2) is 5.75 Å². The van der Waals surface area contributed by atoms with Gasteiger partial charge in [-0.05, 0) is 34.2 Å². The molecule has 9 heteroatoms. The number of aromatic nitrogens is 4. The van der Waals surface area contributed by atoms with Gasteiger partial charge in [0.05, 0.1) is 17.7 Å². The van der Waals surface area contributed by atoms with E-state index in [0.717, 1.165) is 11.3 Å². The molecule has 0 unspecified atom stereocenters. The summed E-state index contributed by atoms with van der Waals surface area (Å²) in [6.45, 7) is 0. The molecule has 0 bridgehead atoms. The van der Waals surface area contributed by atoms with Crippen molar-refractivity contribution in [3.8, 4) is 11.4 Å². The van der Waals surface area contributed by atoms with Gasteiger partial charge in [-0.15, -0.1) is 5.10 Å². The first kappa shape index (κ1) is 15.9. The van der Waals surface area contributed by atoms with Gasteiger partial charge >= 0.3 is 5.69 Å². The highest BCUT2D eigenvalue weighted by atomic mass is 32.2. The molecule has 0 aliphatic carbocycles. The van der Waals surface area contributed by atoms with Crippen molar-refractivity contribution in [2.24, 2.45) is 0 Å². The van der Waals surface area contributed by atoms with Crippen LogP contribution in [0.1, 0.15) is 5.56 Å². The minimum absolute atomic E-state index is 0.0572. The molecule has 0 fully saturated rings. The quantitative estimate of drug-likeness (QED) is 0.386. The van der Waals surface area contributed by atoms with Crippen molar-refractivity contribution in [1.29, 1.82) is 0 Å². The van der Waals surface area contributed by atoms with Gasteiger partial charge in [-0.3, -0.25) is 10.1 Å². The Bertz CT molecular complexity index is 853. The van der Waals surface area contributed by atoms with E-state index in [4.69, 9.17) is 4.74 Å². The Morgan fingerprint density at radius 1 is 1.25 bits per heavy atom. The number of rotatable bonds is 6. The predicted molar refractivity (Wildman–Crippen MR) is 88.4 cm³/mol. The molecule has 0 atom stereocenters. The number of ether oxygens (including phenoxy) is 1. The molecule has 3 aromatic rings. The monoisotopic (exact) mass is 343 g/mol. The maximum atomic E-state index is 11.1. The van der Waals surface area contributed by atoms with E-state index in [9.17, 15) is 10.1 Å². The van der Waals surface area contributed by atoms with Crippen LogP contribution in [-0.4, -0.2) is 32.2 Å². The zero-order valence-electron chi connectivity index (χ0n) is 12.7. The van der Waals surface area contributed by atoms with Crippen molar-refractivity contribution in [3.63, 3.8) is 0 Å². The molecule has 1 aromatic heterocycles. The molecular weight excluding hydrogens is 330 g/mol. The fraction of sp³-hybridized carbons (Fsp3) is 0.133. The second-order valence-corrected chi connectivity index (χ2v) is 5.70. The summed E-state index contributed by atoms with van der Waals surface area (Å²) in [6.07, 6.45) is 0. The summed E-state index contributed by atoms with van der Waals surface area (Å²) in [7, 11) is 1.41. The number of hydrogen-bond donors (Lipinski definition) is 0. The van der Waals surface area contributed by atoms with Crippen LogP contribution in [0.5, 0.6) is 5.75 Å².